The molecule has 2 nitrogen and oxygen atoms in total. The molecule has 0 aromatic heterocycles. The van der Waals surface area contributed by atoms with Gasteiger partial charge in [0.2, 0.25) is 0 Å². The Hall–Kier alpha value is -1.80. The lowest BCUT2D eigenvalue weighted by atomic mass is 10.1. The van der Waals surface area contributed by atoms with Crippen LogP contribution in [0.3, 0.4) is 0 Å². The molecule has 2 heteroatoms. The Morgan fingerprint density at radius 2 is 1.58 bits per heavy atom. The average molecular weight is 255 g/mol. The van der Waals surface area contributed by atoms with Crippen LogP contribution in [0.4, 0.5) is 0 Å². The van der Waals surface area contributed by atoms with Crippen LogP contribution in [-0.2, 0) is 6.42 Å². The van der Waals surface area contributed by atoms with Gasteiger partial charge in [0, 0.05) is 5.92 Å². The molecule has 100 valence electrons. The maximum Gasteiger partial charge on any atom is 0.119 e. The highest BCUT2D eigenvalue weighted by atomic mass is 16.5. The first-order chi connectivity index (χ1) is 9.28. The van der Waals surface area contributed by atoms with Crippen LogP contribution in [0, 0.1) is 5.92 Å². The molecular formula is C17H21NO. The third-order valence-corrected chi connectivity index (χ3v) is 3.11. The predicted molar refractivity (Wildman–Crippen MR) is 79.4 cm³/mol. The van der Waals surface area contributed by atoms with Crippen molar-refractivity contribution in [2.45, 2.75) is 13.3 Å². The van der Waals surface area contributed by atoms with Crippen molar-refractivity contribution in [1.29, 1.82) is 0 Å². The molecule has 0 aliphatic carbocycles. The Bertz CT molecular complexity index is 478. The van der Waals surface area contributed by atoms with Crippen molar-refractivity contribution >= 4 is 0 Å². The summed E-state index contributed by atoms with van der Waals surface area (Å²) in [6.45, 7) is 3.42. The molecule has 0 aliphatic rings. The highest BCUT2D eigenvalue weighted by molar-refractivity contribution is 5.31. The number of nitrogens with two attached hydrogens (primary N) is 1. The third-order valence-electron chi connectivity index (χ3n) is 3.11. The molecule has 0 amide bonds. The van der Waals surface area contributed by atoms with Crippen LogP contribution < -0.4 is 10.5 Å². The van der Waals surface area contributed by atoms with Crippen LogP contribution in [0.15, 0.2) is 54.6 Å². The van der Waals surface area contributed by atoms with Crippen molar-refractivity contribution in [3.8, 4) is 5.75 Å². The molecule has 1 unspecified atom stereocenters. The summed E-state index contributed by atoms with van der Waals surface area (Å²) >= 11 is 0. The van der Waals surface area contributed by atoms with E-state index in [0.29, 0.717) is 19.1 Å². The van der Waals surface area contributed by atoms with Gasteiger partial charge in [-0.15, -0.1) is 0 Å². The first kappa shape index (κ1) is 13.6. The molecule has 2 N–H and O–H groups in total. The van der Waals surface area contributed by atoms with Crippen LogP contribution in [0.1, 0.15) is 18.1 Å². The second-order valence-corrected chi connectivity index (χ2v) is 4.96. The lowest BCUT2D eigenvalue weighted by molar-refractivity contribution is 0.264. The number of ether oxygens (including phenoxy) is 1. The Morgan fingerprint density at radius 1 is 0.947 bits per heavy atom. The van der Waals surface area contributed by atoms with Gasteiger partial charge in [-0.3, -0.25) is 0 Å². The van der Waals surface area contributed by atoms with Gasteiger partial charge in [-0.1, -0.05) is 49.4 Å². The van der Waals surface area contributed by atoms with Gasteiger partial charge in [-0.2, -0.15) is 0 Å². The third kappa shape index (κ3) is 4.42. The fourth-order valence-corrected chi connectivity index (χ4v) is 1.84. The number of rotatable bonds is 6. The van der Waals surface area contributed by atoms with Gasteiger partial charge >= 0.3 is 0 Å². The predicted octanol–water partition coefficient (Wildman–Crippen LogP) is 3.25. The molecular weight excluding hydrogens is 234 g/mol. The van der Waals surface area contributed by atoms with Crippen molar-refractivity contribution in [2.24, 2.45) is 11.7 Å². The molecule has 0 saturated heterocycles. The molecule has 0 saturated carbocycles. The van der Waals surface area contributed by atoms with E-state index in [0.717, 1.165) is 12.2 Å². The van der Waals surface area contributed by atoms with Crippen LogP contribution in [0.25, 0.3) is 0 Å². The lowest BCUT2D eigenvalue weighted by Gasteiger charge is -2.11. The lowest BCUT2D eigenvalue weighted by Crippen LogP contribution is -2.18. The summed E-state index contributed by atoms with van der Waals surface area (Å²) in [6.07, 6.45) is 0.959. The van der Waals surface area contributed by atoms with Crippen LogP contribution in [0.5, 0.6) is 5.75 Å². The largest absolute Gasteiger partial charge is 0.493 e. The summed E-state index contributed by atoms with van der Waals surface area (Å²) in [5, 5.41) is 0. The van der Waals surface area contributed by atoms with Gasteiger partial charge in [0.05, 0.1) is 6.61 Å². The number of benzene rings is 2. The van der Waals surface area contributed by atoms with Gasteiger partial charge in [0.15, 0.2) is 0 Å². The average Bonchev–Trinajstić information content (AvgIpc) is 2.47. The summed E-state index contributed by atoms with van der Waals surface area (Å²) < 4.78 is 5.68. The van der Waals surface area contributed by atoms with Crippen LogP contribution >= 0.6 is 0 Å². The highest BCUT2D eigenvalue weighted by Gasteiger charge is 2.01. The zero-order chi connectivity index (χ0) is 13.5. The molecule has 2 aromatic carbocycles. The van der Waals surface area contributed by atoms with Crippen LogP contribution in [-0.4, -0.2) is 13.2 Å². The zero-order valence-electron chi connectivity index (χ0n) is 11.4. The molecule has 0 aliphatic heterocycles. The smallest absolute Gasteiger partial charge is 0.119 e. The zero-order valence-corrected chi connectivity index (χ0v) is 11.4. The second-order valence-electron chi connectivity index (χ2n) is 4.96. The maximum atomic E-state index is 5.68. The topological polar surface area (TPSA) is 35.2 Å². The Morgan fingerprint density at radius 3 is 2.21 bits per heavy atom. The van der Waals surface area contributed by atoms with E-state index < -0.39 is 0 Å². The van der Waals surface area contributed by atoms with Crippen molar-refractivity contribution < 1.29 is 4.74 Å². The quantitative estimate of drug-likeness (QED) is 0.860. The van der Waals surface area contributed by atoms with Crippen molar-refractivity contribution in [1.82, 2.24) is 0 Å². The number of hydrogen-bond donors (Lipinski definition) is 1. The van der Waals surface area contributed by atoms with E-state index >= 15 is 0 Å². The molecule has 0 bridgehead atoms. The molecule has 19 heavy (non-hydrogen) atoms. The molecule has 1 atom stereocenters. The van der Waals surface area contributed by atoms with Gasteiger partial charge < -0.3 is 10.5 Å². The monoisotopic (exact) mass is 255 g/mol. The summed E-state index contributed by atoms with van der Waals surface area (Å²) in [6, 6.07) is 18.8. The SMILES string of the molecule is CC(CN)COc1ccc(Cc2ccccc2)cc1. The first-order valence-electron chi connectivity index (χ1n) is 6.73. The normalized spacial score (nSPS) is 12.1. The van der Waals surface area contributed by atoms with Crippen molar-refractivity contribution in [3.05, 3.63) is 65.7 Å². The standard InChI is InChI=1S/C17H21NO/c1-14(12-18)13-19-17-9-7-16(8-10-17)11-15-5-3-2-4-6-15/h2-10,14H,11-13,18H2,1H3. The summed E-state index contributed by atoms with van der Waals surface area (Å²) in [4.78, 5) is 0. The van der Waals surface area contributed by atoms with E-state index in [4.69, 9.17) is 10.5 Å². The van der Waals surface area contributed by atoms with E-state index in [1.165, 1.54) is 11.1 Å². The highest BCUT2D eigenvalue weighted by Crippen LogP contribution is 2.15. The number of hydrogen-bond acceptors (Lipinski definition) is 2. The molecule has 0 fully saturated rings. The minimum absolute atomic E-state index is 0.393. The first-order valence-corrected chi connectivity index (χ1v) is 6.73. The molecule has 2 aromatic rings. The van der Waals surface area contributed by atoms with Gasteiger partial charge in [0.1, 0.15) is 5.75 Å². The summed E-state index contributed by atoms with van der Waals surface area (Å²) in [5.41, 5.74) is 8.19. The minimum Gasteiger partial charge on any atom is -0.493 e. The van der Waals surface area contributed by atoms with Gasteiger partial charge in [0.25, 0.3) is 0 Å². The van der Waals surface area contributed by atoms with E-state index in [1.54, 1.807) is 0 Å². The second kappa shape index (κ2) is 6.95. The fraction of sp³-hybridized carbons (Fsp3) is 0.294. The summed E-state index contributed by atoms with van der Waals surface area (Å²) in [7, 11) is 0. The Kier molecular flexibility index (Phi) is 4.99. The Labute approximate surface area is 115 Å². The molecule has 0 radical (unpaired) electrons. The summed E-state index contributed by atoms with van der Waals surface area (Å²) in [5.74, 6) is 1.31. The minimum atomic E-state index is 0.393. The van der Waals surface area contributed by atoms with Gasteiger partial charge in [-0.05, 0) is 36.2 Å². The van der Waals surface area contributed by atoms with E-state index in [1.807, 2.05) is 18.2 Å². The fourth-order valence-electron chi connectivity index (χ4n) is 1.84. The maximum absolute atomic E-state index is 5.68. The molecule has 0 heterocycles. The van der Waals surface area contributed by atoms with Gasteiger partial charge in [-0.25, -0.2) is 0 Å². The van der Waals surface area contributed by atoms with E-state index in [-0.39, 0.29) is 0 Å². The Balaban J connectivity index is 1.91. The van der Waals surface area contributed by atoms with Crippen molar-refractivity contribution in [2.75, 3.05) is 13.2 Å². The van der Waals surface area contributed by atoms with E-state index in [9.17, 15) is 0 Å². The van der Waals surface area contributed by atoms with E-state index in [2.05, 4.69) is 43.3 Å². The van der Waals surface area contributed by atoms with Crippen molar-refractivity contribution in [3.63, 3.8) is 0 Å². The molecule has 0 spiro atoms. The van der Waals surface area contributed by atoms with Crippen LogP contribution in [0.2, 0.25) is 0 Å². The molecule has 2 rings (SSSR count).